The maximum Gasteiger partial charge on any atom is 0.339 e. The summed E-state index contributed by atoms with van der Waals surface area (Å²) in [6, 6.07) is 5.39. The van der Waals surface area contributed by atoms with Crippen LogP contribution in [-0.2, 0) is 12.8 Å². The van der Waals surface area contributed by atoms with Crippen molar-refractivity contribution in [1.29, 1.82) is 0 Å². The number of aliphatic hydroxyl groups is 1. The van der Waals surface area contributed by atoms with E-state index in [1.807, 2.05) is 6.07 Å². The Morgan fingerprint density at radius 3 is 2.73 bits per heavy atom. The number of nitrogens with two attached hydrogens (primary N) is 1. The van der Waals surface area contributed by atoms with Gasteiger partial charge in [0.15, 0.2) is 0 Å². The van der Waals surface area contributed by atoms with Crippen LogP contribution in [-0.4, -0.2) is 24.4 Å². The van der Waals surface area contributed by atoms with Crippen LogP contribution < -0.4 is 16.1 Å². The van der Waals surface area contributed by atoms with Crippen molar-refractivity contribution in [2.24, 2.45) is 5.73 Å². The molecule has 1 heterocycles. The first kappa shape index (κ1) is 16.8. The lowest BCUT2D eigenvalue weighted by Crippen LogP contribution is -2.26. The summed E-state index contributed by atoms with van der Waals surface area (Å²) in [5.41, 5.74) is 7.49. The van der Waals surface area contributed by atoms with E-state index in [0.717, 1.165) is 42.2 Å². The van der Waals surface area contributed by atoms with Gasteiger partial charge in [0.2, 0.25) is 0 Å². The van der Waals surface area contributed by atoms with Crippen molar-refractivity contribution in [3.8, 4) is 5.75 Å². The Kier molecular flexibility index (Phi) is 5.45. The molecule has 2 aromatic rings. The smallest absolute Gasteiger partial charge is 0.339 e. The summed E-state index contributed by atoms with van der Waals surface area (Å²) in [5, 5.41) is 10.4. The van der Waals surface area contributed by atoms with Gasteiger partial charge in [0, 0.05) is 12.1 Å². The van der Waals surface area contributed by atoms with Crippen molar-refractivity contribution >= 4 is 23.4 Å². The second-order valence-electron chi connectivity index (χ2n) is 5.38. The third-order valence-electron chi connectivity index (χ3n) is 3.91. The topological polar surface area (TPSA) is 85.7 Å². The Morgan fingerprint density at radius 2 is 2.00 bits per heavy atom. The largest absolute Gasteiger partial charge is 0.490 e. The van der Waals surface area contributed by atoms with E-state index in [1.165, 1.54) is 0 Å². The standard InChI is InChI=1S/C16H19NO4.ClH/c17-8-10(18)9-20-13-6-3-7-14-15(13)11-4-1-2-5-12(11)16(19)21-14;/h3,6-7,10,18H,1-2,4-5,8-9,17H2;1H. The Morgan fingerprint density at radius 1 is 1.27 bits per heavy atom. The number of benzene rings is 1. The molecule has 1 aromatic carbocycles. The van der Waals surface area contributed by atoms with Crippen LogP contribution in [0.2, 0.25) is 0 Å². The Labute approximate surface area is 134 Å². The molecule has 0 fully saturated rings. The van der Waals surface area contributed by atoms with Crippen molar-refractivity contribution in [2.75, 3.05) is 13.2 Å². The molecule has 0 radical (unpaired) electrons. The van der Waals surface area contributed by atoms with Gasteiger partial charge in [-0.25, -0.2) is 4.79 Å². The fourth-order valence-corrected chi connectivity index (χ4v) is 2.84. The zero-order valence-corrected chi connectivity index (χ0v) is 13.0. The van der Waals surface area contributed by atoms with Crippen LogP contribution in [0.15, 0.2) is 27.4 Å². The van der Waals surface area contributed by atoms with Crippen LogP contribution in [0.1, 0.15) is 24.0 Å². The predicted octanol–water partition coefficient (Wildman–Crippen LogP) is 1.79. The predicted molar refractivity (Wildman–Crippen MR) is 86.9 cm³/mol. The van der Waals surface area contributed by atoms with Crippen LogP contribution in [0.3, 0.4) is 0 Å². The first-order valence-corrected chi connectivity index (χ1v) is 7.29. The van der Waals surface area contributed by atoms with Crippen molar-refractivity contribution in [2.45, 2.75) is 31.8 Å². The molecule has 1 atom stereocenters. The fraction of sp³-hybridized carbons (Fsp3) is 0.438. The van der Waals surface area contributed by atoms with E-state index in [2.05, 4.69) is 0 Å². The highest BCUT2D eigenvalue weighted by molar-refractivity contribution is 5.88. The monoisotopic (exact) mass is 325 g/mol. The van der Waals surface area contributed by atoms with Crippen LogP contribution in [0.25, 0.3) is 11.0 Å². The van der Waals surface area contributed by atoms with Gasteiger partial charge in [0.05, 0.1) is 5.39 Å². The Bertz CT molecular complexity index is 713. The molecule has 0 saturated heterocycles. The minimum Gasteiger partial charge on any atom is -0.490 e. The molecule has 3 rings (SSSR count). The van der Waals surface area contributed by atoms with Gasteiger partial charge in [-0.05, 0) is 43.4 Å². The Hall–Kier alpha value is -1.56. The molecule has 1 unspecified atom stereocenters. The van der Waals surface area contributed by atoms with Crippen molar-refractivity contribution in [3.05, 3.63) is 39.7 Å². The molecule has 1 aliphatic carbocycles. The number of halogens is 1. The highest BCUT2D eigenvalue weighted by atomic mass is 35.5. The van der Waals surface area contributed by atoms with Gasteiger partial charge in [0.1, 0.15) is 24.0 Å². The minimum absolute atomic E-state index is 0. The molecule has 1 aliphatic rings. The quantitative estimate of drug-likeness (QED) is 0.837. The van der Waals surface area contributed by atoms with Gasteiger partial charge in [-0.3, -0.25) is 0 Å². The molecule has 120 valence electrons. The molecule has 22 heavy (non-hydrogen) atoms. The molecule has 0 spiro atoms. The van der Waals surface area contributed by atoms with E-state index < -0.39 is 6.10 Å². The maximum absolute atomic E-state index is 12.0. The molecule has 1 aromatic heterocycles. The van der Waals surface area contributed by atoms with E-state index in [9.17, 15) is 9.90 Å². The number of aliphatic hydroxyl groups excluding tert-OH is 1. The van der Waals surface area contributed by atoms with E-state index in [1.54, 1.807) is 12.1 Å². The van der Waals surface area contributed by atoms with Crippen LogP contribution in [0.4, 0.5) is 0 Å². The highest BCUT2D eigenvalue weighted by Gasteiger charge is 2.20. The average Bonchev–Trinajstić information content (AvgIpc) is 2.52. The molecule has 0 aliphatic heterocycles. The summed E-state index contributed by atoms with van der Waals surface area (Å²) in [6.45, 7) is 0.279. The SMILES string of the molecule is Cl.NCC(O)COc1cccc2oc(=O)c3c(c12)CCCC3. The highest BCUT2D eigenvalue weighted by Crippen LogP contribution is 2.33. The molecule has 0 amide bonds. The summed E-state index contributed by atoms with van der Waals surface area (Å²) in [6.07, 6.45) is 2.99. The number of hydrogen-bond acceptors (Lipinski definition) is 5. The van der Waals surface area contributed by atoms with E-state index >= 15 is 0 Å². The summed E-state index contributed by atoms with van der Waals surface area (Å²) < 4.78 is 11.1. The van der Waals surface area contributed by atoms with Crippen LogP contribution in [0, 0.1) is 0 Å². The number of aryl methyl sites for hydroxylation is 1. The zero-order chi connectivity index (χ0) is 14.8. The maximum atomic E-state index is 12.0. The van der Waals surface area contributed by atoms with E-state index in [4.69, 9.17) is 14.9 Å². The lowest BCUT2D eigenvalue weighted by Gasteiger charge is -2.19. The summed E-state index contributed by atoms with van der Waals surface area (Å²) in [7, 11) is 0. The summed E-state index contributed by atoms with van der Waals surface area (Å²) in [5.74, 6) is 0.641. The summed E-state index contributed by atoms with van der Waals surface area (Å²) in [4.78, 5) is 12.0. The molecular weight excluding hydrogens is 306 g/mol. The van der Waals surface area contributed by atoms with Gasteiger partial charge < -0.3 is 20.0 Å². The van der Waals surface area contributed by atoms with Crippen LogP contribution >= 0.6 is 12.4 Å². The third kappa shape index (κ3) is 3.11. The number of fused-ring (bicyclic) bond motifs is 3. The van der Waals surface area contributed by atoms with Crippen LogP contribution in [0.5, 0.6) is 5.75 Å². The van der Waals surface area contributed by atoms with Gasteiger partial charge in [-0.15, -0.1) is 12.4 Å². The van der Waals surface area contributed by atoms with Crippen molar-refractivity contribution < 1.29 is 14.3 Å². The van der Waals surface area contributed by atoms with E-state index in [-0.39, 0.29) is 31.2 Å². The normalized spacial score (nSPS) is 15.0. The fourth-order valence-electron chi connectivity index (χ4n) is 2.84. The summed E-state index contributed by atoms with van der Waals surface area (Å²) >= 11 is 0. The van der Waals surface area contributed by atoms with Gasteiger partial charge >= 0.3 is 5.63 Å². The Balaban J connectivity index is 0.00000176. The van der Waals surface area contributed by atoms with Gasteiger partial charge in [-0.1, -0.05) is 6.07 Å². The molecule has 0 saturated carbocycles. The third-order valence-corrected chi connectivity index (χ3v) is 3.91. The number of rotatable bonds is 4. The first-order valence-electron chi connectivity index (χ1n) is 7.29. The molecule has 6 heteroatoms. The van der Waals surface area contributed by atoms with Crippen molar-refractivity contribution in [1.82, 2.24) is 0 Å². The minimum atomic E-state index is -0.702. The van der Waals surface area contributed by atoms with Gasteiger partial charge in [0.25, 0.3) is 0 Å². The number of hydrogen-bond donors (Lipinski definition) is 2. The molecule has 0 bridgehead atoms. The second-order valence-corrected chi connectivity index (χ2v) is 5.38. The molecule has 3 N–H and O–H groups in total. The molecule has 5 nitrogen and oxygen atoms in total. The van der Waals surface area contributed by atoms with E-state index in [0.29, 0.717) is 11.3 Å². The van der Waals surface area contributed by atoms with Gasteiger partial charge in [-0.2, -0.15) is 0 Å². The lowest BCUT2D eigenvalue weighted by molar-refractivity contribution is 0.115. The number of ether oxygens (including phenoxy) is 1. The lowest BCUT2D eigenvalue weighted by atomic mass is 9.90. The van der Waals surface area contributed by atoms with Crippen molar-refractivity contribution in [3.63, 3.8) is 0 Å². The molecular formula is C16H20ClNO4. The second kappa shape index (κ2) is 7.13. The average molecular weight is 326 g/mol. The zero-order valence-electron chi connectivity index (χ0n) is 12.2. The first-order chi connectivity index (χ1) is 10.2.